The van der Waals surface area contributed by atoms with E-state index in [0.717, 1.165) is 4.68 Å². The number of hydrogen-bond donors (Lipinski definition) is 1. The normalized spacial score (nSPS) is 11.4. The Kier molecular flexibility index (Phi) is 6.79. The molecule has 1 aromatic carbocycles. The maximum absolute atomic E-state index is 12.7. The van der Waals surface area contributed by atoms with Crippen LogP contribution in [0.1, 0.15) is 25.3 Å². The number of hydrogen-bond acceptors (Lipinski definition) is 6. The van der Waals surface area contributed by atoms with E-state index < -0.39 is 24.2 Å². The number of rotatable bonds is 6. The third kappa shape index (κ3) is 4.89. The topological polar surface area (TPSA) is 112 Å². The molecular weight excluding hydrogens is 471 g/mol. The van der Waals surface area contributed by atoms with Crippen LogP contribution in [0.3, 0.4) is 0 Å². The number of alkyl halides is 2. The molecule has 2 heterocycles. The van der Waals surface area contributed by atoms with Crippen LogP contribution in [0.25, 0.3) is 11.3 Å². The van der Waals surface area contributed by atoms with E-state index in [2.05, 4.69) is 10.2 Å². The summed E-state index contributed by atoms with van der Waals surface area (Å²) in [5.74, 6) is -0.0295. The molecule has 0 aliphatic heterocycles. The highest BCUT2D eigenvalue weighted by atomic mass is 35.5. The number of nitrogens with one attached hydrogen (secondary N) is 1. The summed E-state index contributed by atoms with van der Waals surface area (Å²) in [6.07, 6.45) is -2.85. The highest BCUT2D eigenvalue weighted by molar-refractivity contribution is 6.37. The molecule has 2 aromatic heterocycles. The number of aromatic nitrogens is 5. The lowest BCUT2D eigenvalue weighted by atomic mass is 10.1. The maximum Gasteiger partial charge on any atom is 0.344 e. The number of aromatic amines is 1. The molecule has 0 bridgehead atoms. The van der Waals surface area contributed by atoms with E-state index in [1.807, 2.05) is 18.8 Å². The minimum Gasteiger partial charge on any atom is -0.434 e. The van der Waals surface area contributed by atoms with Crippen molar-refractivity contribution in [2.24, 2.45) is 7.05 Å². The summed E-state index contributed by atoms with van der Waals surface area (Å²) < 4.78 is 32.6. The summed E-state index contributed by atoms with van der Waals surface area (Å²) in [6, 6.07) is 4.03. The average Bonchev–Trinajstić information content (AvgIpc) is 2.68. The van der Waals surface area contributed by atoms with Gasteiger partial charge in [0.15, 0.2) is 11.4 Å². The van der Waals surface area contributed by atoms with Gasteiger partial charge in [-0.1, -0.05) is 37.0 Å². The Morgan fingerprint density at radius 3 is 2.28 bits per heavy atom. The van der Waals surface area contributed by atoms with Gasteiger partial charge in [0.25, 0.3) is 17.5 Å². The van der Waals surface area contributed by atoms with Gasteiger partial charge >= 0.3 is 5.69 Å². The van der Waals surface area contributed by atoms with Gasteiger partial charge in [-0.15, -0.1) is 5.10 Å². The van der Waals surface area contributed by atoms with Crippen LogP contribution in [0.15, 0.2) is 32.6 Å². The molecule has 0 amide bonds. The Labute approximate surface area is 189 Å². The van der Waals surface area contributed by atoms with Crippen molar-refractivity contribution in [3.05, 3.63) is 65.0 Å². The second kappa shape index (κ2) is 9.21. The molecular formula is C19H17Cl2F2N5O4. The number of ether oxygens (including phenoxy) is 1. The lowest BCUT2D eigenvalue weighted by Crippen LogP contribution is -2.35. The molecule has 0 unspecified atom stereocenters. The van der Waals surface area contributed by atoms with Gasteiger partial charge in [0, 0.05) is 24.2 Å². The monoisotopic (exact) mass is 487 g/mol. The number of aryl methyl sites for hydroxylation is 1. The number of halogens is 4. The number of H-pyrrole nitrogens is 1. The quantitative estimate of drug-likeness (QED) is 0.571. The Morgan fingerprint density at radius 1 is 1.09 bits per heavy atom. The molecule has 0 saturated carbocycles. The van der Waals surface area contributed by atoms with E-state index in [9.17, 15) is 23.2 Å². The van der Waals surface area contributed by atoms with Crippen molar-refractivity contribution in [1.82, 2.24) is 24.5 Å². The van der Waals surface area contributed by atoms with Gasteiger partial charge in [-0.2, -0.15) is 5.10 Å². The van der Waals surface area contributed by atoms with Crippen LogP contribution in [0, 0.1) is 0 Å². The van der Waals surface area contributed by atoms with Crippen LogP contribution in [-0.4, -0.2) is 31.0 Å². The van der Waals surface area contributed by atoms with Gasteiger partial charge in [-0.05, 0) is 18.1 Å². The Balaban J connectivity index is 2.05. The van der Waals surface area contributed by atoms with Gasteiger partial charge in [-0.25, -0.2) is 22.9 Å². The lowest BCUT2D eigenvalue weighted by molar-refractivity contribution is 0.119. The van der Waals surface area contributed by atoms with Gasteiger partial charge in [0.1, 0.15) is 6.54 Å². The van der Waals surface area contributed by atoms with E-state index in [1.165, 1.54) is 25.2 Å². The number of nitrogens with zero attached hydrogens (tertiary/aromatic N) is 4. The van der Waals surface area contributed by atoms with Crippen LogP contribution in [0.5, 0.6) is 11.6 Å². The van der Waals surface area contributed by atoms with E-state index >= 15 is 0 Å². The first-order chi connectivity index (χ1) is 15.0. The molecule has 0 saturated heterocycles. The van der Waals surface area contributed by atoms with E-state index in [0.29, 0.717) is 10.2 Å². The van der Waals surface area contributed by atoms with Gasteiger partial charge in [0.05, 0.1) is 10.0 Å². The van der Waals surface area contributed by atoms with Crippen LogP contribution in [0.4, 0.5) is 8.78 Å². The third-order valence-corrected chi connectivity index (χ3v) is 4.93. The van der Waals surface area contributed by atoms with Crippen LogP contribution in [0.2, 0.25) is 10.0 Å². The van der Waals surface area contributed by atoms with Gasteiger partial charge < -0.3 is 4.74 Å². The number of benzene rings is 1. The lowest BCUT2D eigenvalue weighted by Gasteiger charge is -2.13. The minimum atomic E-state index is -2.85. The summed E-state index contributed by atoms with van der Waals surface area (Å²) >= 11 is 12.6. The molecule has 170 valence electrons. The maximum atomic E-state index is 12.7. The molecule has 0 atom stereocenters. The SMILES string of the molecule is CC(C)c1cc(Oc2c(Cl)cc(-c3nn(CC(F)F)c(=O)[nH]c3=O)cc2Cl)nn(C)c1=O. The molecule has 0 aliphatic rings. The smallest absolute Gasteiger partial charge is 0.344 e. The Bertz CT molecular complexity index is 1330. The Hall–Kier alpha value is -3.05. The van der Waals surface area contributed by atoms with Crippen LogP contribution < -0.4 is 21.5 Å². The zero-order valence-electron chi connectivity index (χ0n) is 17.0. The molecule has 3 rings (SSSR count). The average molecular weight is 488 g/mol. The van der Waals surface area contributed by atoms with E-state index in [4.69, 9.17) is 27.9 Å². The highest BCUT2D eigenvalue weighted by Gasteiger charge is 2.19. The van der Waals surface area contributed by atoms with Crippen molar-refractivity contribution in [2.75, 3.05) is 0 Å². The molecule has 0 radical (unpaired) electrons. The first-order valence-corrected chi connectivity index (χ1v) is 9.98. The van der Waals surface area contributed by atoms with Crippen molar-refractivity contribution in [3.8, 4) is 22.9 Å². The molecule has 32 heavy (non-hydrogen) atoms. The standard InChI is InChI=1S/C19H17Cl2F2N5O4/c1-8(2)10-6-14(25-27(3)18(10)30)32-16-11(20)4-9(5-12(16)21)15-17(29)24-19(31)28(26-15)7-13(22)23/h4-6,8,13H,7H2,1-3H3,(H,24,29,31). The largest absolute Gasteiger partial charge is 0.434 e. The van der Waals surface area contributed by atoms with E-state index in [-0.39, 0.29) is 44.4 Å². The molecule has 0 aliphatic carbocycles. The second-order valence-corrected chi connectivity index (χ2v) is 7.89. The highest BCUT2D eigenvalue weighted by Crippen LogP contribution is 2.38. The van der Waals surface area contributed by atoms with Crippen molar-refractivity contribution in [3.63, 3.8) is 0 Å². The van der Waals surface area contributed by atoms with Gasteiger partial charge in [0.2, 0.25) is 5.88 Å². The first-order valence-electron chi connectivity index (χ1n) is 9.23. The van der Waals surface area contributed by atoms with Gasteiger partial charge in [-0.3, -0.25) is 14.6 Å². The molecule has 0 spiro atoms. The second-order valence-electron chi connectivity index (χ2n) is 7.07. The molecule has 1 N–H and O–H groups in total. The molecule has 9 nitrogen and oxygen atoms in total. The predicted molar refractivity (Wildman–Crippen MR) is 114 cm³/mol. The first kappa shape index (κ1) is 23.6. The van der Waals surface area contributed by atoms with Crippen LogP contribution in [-0.2, 0) is 13.6 Å². The predicted octanol–water partition coefficient (Wildman–Crippen LogP) is 3.18. The zero-order valence-corrected chi connectivity index (χ0v) is 18.5. The van der Waals surface area contributed by atoms with Crippen molar-refractivity contribution in [2.45, 2.75) is 32.7 Å². The van der Waals surface area contributed by atoms with Crippen molar-refractivity contribution >= 4 is 23.2 Å². The molecule has 13 heteroatoms. The summed E-state index contributed by atoms with van der Waals surface area (Å²) in [5, 5.41) is 7.65. The summed E-state index contributed by atoms with van der Waals surface area (Å²) in [6.45, 7) is 2.68. The molecule has 0 fully saturated rings. The summed E-state index contributed by atoms with van der Waals surface area (Å²) in [7, 11) is 1.47. The van der Waals surface area contributed by atoms with Crippen LogP contribution >= 0.6 is 23.2 Å². The summed E-state index contributed by atoms with van der Waals surface area (Å²) in [4.78, 5) is 38.0. The Morgan fingerprint density at radius 2 is 1.72 bits per heavy atom. The summed E-state index contributed by atoms with van der Waals surface area (Å²) in [5.41, 5.74) is -2.03. The fourth-order valence-electron chi connectivity index (χ4n) is 2.84. The van der Waals surface area contributed by atoms with Crippen molar-refractivity contribution in [1.29, 1.82) is 0 Å². The van der Waals surface area contributed by atoms with E-state index in [1.54, 1.807) is 0 Å². The fourth-order valence-corrected chi connectivity index (χ4v) is 3.41. The minimum absolute atomic E-state index is 0.00438. The van der Waals surface area contributed by atoms with Crippen molar-refractivity contribution < 1.29 is 13.5 Å². The third-order valence-electron chi connectivity index (χ3n) is 4.37. The fraction of sp³-hybridized carbons (Fsp3) is 0.316. The molecule has 3 aromatic rings. The zero-order chi connectivity index (χ0) is 23.7.